The molecule has 1 fully saturated rings. The second-order valence-corrected chi connectivity index (χ2v) is 9.54. The first-order valence-electron chi connectivity index (χ1n) is 9.06. The SMILES string of the molecule is Cc1ccc(C2=CC3(C=C2c2ccc(S(C)(=O)=O)nc2)CCCC3)cc1. The van der Waals surface area contributed by atoms with Crippen molar-refractivity contribution in [3.63, 3.8) is 0 Å². The van der Waals surface area contributed by atoms with E-state index in [1.165, 1.54) is 54.2 Å². The zero-order valence-electron chi connectivity index (χ0n) is 15.2. The predicted octanol–water partition coefficient (Wildman–Crippen LogP) is 4.83. The lowest BCUT2D eigenvalue weighted by molar-refractivity contribution is 0.523. The first kappa shape index (κ1) is 17.2. The van der Waals surface area contributed by atoms with Gasteiger partial charge in [-0.25, -0.2) is 13.4 Å². The zero-order valence-corrected chi connectivity index (χ0v) is 16.0. The summed E-state index contributed by atoms with van der Waals surface area (Å²) in [7, 11) is -3.28. The van der Waals surface area contributed by atoms with Crippen LogP contribution in [0.2, 0.25) is 0 Å². The van der Waals surface area contributed by atoms with Gasteiger partial charge in [-0.3, -0.25) is 0 Å². The number of sulfone groups is 1. The maximum atomic E-state index is 11.7. The lowest BCUT2D eigenvalue weighted by atomic mass is 9.88. The van der Waals surface area contributed by atoms with Gasteiger partial charge in [0.15, 0.2) is 14.9 Å². The summed E-state index contributed by atoms with van der Waals surface area (Å²) in [6, 6.07) is 12.1. The molecule has 1 heterocycles. The molecule has 1 aromatic carbocycles. The molecule has 4 heteroatoms. The Labute approximate surface area is 155 Å². The van der Waals surface area contributed by atoms with Crippen molar-refractivity contribution in [1.82, 2.24) is 4.98 Å². The Bertz CT molecular complexity index is 991. The highest BCUT2D eigenvalue weighted by Crippen LogP contribution is 2.51. The Morgan fingerprint density at radius 3 is 2.00 bits per heavy atom. The molecule has 3 nitrogen and oxygen atoms in total. The number of aryl methyl sites for hydroxylation is 1. The van der Waals surface area contributed by atoms with Crippen molar-refractivity contribution in [3.05, 3.63) is 71.4 Å². The van der Waals surface area contributed by atoms with Gasteiger partial charge in [0.2, 0.25) is 0 Å². The number of pyridine rings is 1. The van der Waals surface area contributed by atoms with E-state index in [-0.39, 0.29) is 10.4 Å². The fourth-order valence-corrected chi connectivity index (χ4v) is 4.62. The van der Waals surface area contributed by atoms with Crippen LogP contribution in [0, 0.1) is 12.3 Å². The molecule has 0 atom stereocenters. The molecule has 0 unspecified atom stereocenters. The van der Waals surface area contributed by atoms with Gasteiger partial charge in [-0.1, -0.05) is 54.8 Å². The van der Waals surface area contributed by atoms with Crippen LogP contribution in [0.4, 0.5) is 0 Å². The maximum absolute atomic E-state index is 11.7. The Morgan fingerprint density at radius 2 is 1.46 bits per heavy atom. The van der Waals surface area contributed by atoms with E-state index in [4.69, 9.17) is 0 Å². The van der Waals surface area contributed by atoms with Gasteiger partial charge in [-0.05, 0) is 48.6 Å². The predicted molar refractivity (Wildman–Crippen MR) is 105 cm³/mol. The minimum absolute atomic E-state index is 0.122. The highest BCUT2D eigenvalue weighted by atomic mass is 32.2. The average Bonchev–Trinajstić information content (AvgIpc) is 3.22. The van der Waals surface area contributed by atoms with Gasteiger partial charge in [-0.15, -0.1) is 0 Å². The minimum Gasteiger partial charge on any atom is -0.244 e. The molecular formula is C22H23NO2S. The normalized spacial score (nSPS) is 18.8. The third-order valence-electron chi connectivity index (χ3n) is 5.48. The van der Waals surface area contributed by atoms with Crippen molar-refractivity contribution in [2.45, 2.75) is 37.6 Å². The van der Waals surface area contributed by atoms with Crippen LogP contribution >= 0.6 is 0 Å². The van der Waals surface area contributed by atoms with Crippen molar-refractivity contribution < 1.29 is 8.42 Å². The molecule has 1 spiro atoms. The van der Waals surface area contributed by atoms with E-state index in [1.54, 1.807) is 12.3 Å². The highest BCUT2D eigenvalue weighted by molar-refractivity contribution is 7.90. The Kier molecular flexibility index (Phi) is 4.11. The molecule has 26 heavy (non-hydrogen) atoms. The van der Waals surface area contributed by atoms with Crippen molar-refractivity contribution >= 4 is 21.0 Å². The van der Waals surface area contributed by atoms with Gasteiger partial charge in [0.1, 0.15) is 0 Å². The number of aromatic nitrogens is 1. The third kappa shape index (κ3) is 3.14. The summed E-state index contributed by atoms with van der Waals surface area (Å²) in [5.74, 6) is 0. The lowest BCUT2D eigenvalue weighted by Crippen LogP contribution is -2.05. The van der Waals surface area contributed by atoms with Crippen molar-refractivity contribution in [2.75, 3.05) is 6.26 Å². The molecule has 2 aromatic rings. The summed E-state index contributed by atoms with van der Waals surface area (Å²) >= 11 is 0. The van der Waals surface area contributed by atoms with E-state index in [9.17, 15) is 8.42 Å². The number of allylic oxidation sites excluding steroid dienone is 4. The fourth-order valence-electron chi connectivity index (χ4n) is 4.06. The molecule has 0 N–H and O–H groups in total. The molecule has 2 aliphatic rings. The molecule has 0 bridgehead atoms. The maximum Gasteiger partial charge on any atom is 0.192 e. The van der Waals surface area contributed by atoms with E-state index in [1.807, 2.05) is 6.07 Å². The molecule has 2 aliphatic carbocycles. The largest absolute Gasteiger partial charge is 0.244 e. The zero-order chi connectivity index (χ0) is 18.4. The van der Waals surface area contributed by atoms with Crippen LogP contribution in [-0.2, 0) is 9.84 Å². The smallest absolute Gasteiger partial charge is 0.192 e. The van der Waals surface area contributed by atoms with Crippen LogP contribution in [-0.4, -0.2) is 19.7 Å². The van der Waals surface area contributed by atoms with E-state index in [0.717, 1.165) is 5.56 Å². The topological polar surface area (TPSA) is 47.0 Å². The van der Waals surface area contributed by atoms with Gasteiger partial charge in [-0.2, -0.15) is 0 Å². The molecule has 134 valence electrons. The molecular weight excluding hydrogens is 342 g/mol. The molecule has 4 rings (SSSR count). The Morgan fingerprint density at radius 1 is 0.885 bits per heavy atom. The molecule has 0 radical (unpaired) electrons. The quantitative estimate of drug-likeness (QED) is 0.782. The summed E-state index contributed by atoms with van der Waals surface area (Å²) in [4.78, 5) is 4.20. The number of hydrogen-bond donors (Lipinski definition) is 0. The van der Waals surface area contributed by atoms with Crippen molar-refractivity contribution in [2.24, 2.45) is 5.41 Å². The third-order valence-corrected chi connectivity index (χ3v) is 6.48. The molecule has 0 amide bonds. The van der Waals surface area contributed by atoms with Gasteiger partial charge in [0.05, 0.1) is 0 Å². The van der Waals surface area contributed by atoms with Gasteiger partial charge in [0.25, 0.3) is 0 Å². The summed E-state index contributed by atoms with van der Waals surface area (Å²) in [5.41, 5.74) is 5.98. The van der Waals surface area contributed by atoms with Crippen molar-refractivity contribution in [3.8, 4) is 0 Å². The standard InChI is InChI=1S/C22H23NO2S/c1-16-5-7-17(8-6-16)19-13-22(11-3-4-12-22)14-20(19)18-9-10-21(23-15-18)26(2,24)25/h5-10,13-15H,3-4,11-12H2,1-2H3. The summed E-state index contributed by atoms with van der Waals surface area (Å²) < 4.78 is 23.4. The summed E-state index contributed by atoms with van der Waals surface area (Å²) in [5, 5.41) is 0.122. The molecule has 0 saturated heterocycles. The number of rotatable bonds is 3. The highest BCUT2D eigenvalue weighted by Gasteiger charge is 2.36. The fraction of sp³-hybridized carbons (Fsp3) is 0.318. The Hall–Kier alpha value is -2.20. The summed E-state index contributed by atoms with van der Waals surface area (Å²) in [6.07, 6.45) is 12.6. The second kappa shape index (κ2) is 6.20. The van der Waals surface area contributed by atoms with Crippen LogP contribution < -0.4 is 0 Å². The van der Waals surface area contributed by atoms with E-state index in [2.05, 4.69) is 48.3 Å². The molecule has 1 aromatic heterocycles. The van der Waals surface area contributed by atoms with Gasteiger partial charge >= 0.3 is 0 Å². The van der Waals surface area contributed by atoms with Crippen LogP contribution in [0.25, 0.3) is 11.1 Å². The lowest BCUT2D eigenvalue weighted by Gasteiger charge is -2.16. The van der Waals surface area contributed by atoms with Crippen LogP contribution in [0.3, 0.4) is 0 Å². The van der Waals surface area contributed by atoms with E-state index < -0.39 is 9.84 Å². The van der Waals surface area contributed by atoms with Crippen LogP contribution in [0.15, 0.2) is 59.8 Å². The first-order chi connectivity index (χ1) is 12.4. The molecule has 1 saturated carbocycles. The van der Waals surface area contributed by atoms with Gasteiger partial charge < -0.3 is 0 Å². The van der Waals surface area contributed by atoms with E-state index >= 15 is 0 Å². The number of benzene rings is 1. The minimum atomic E-state index is -3.28. The van der Waals surface area contributed by atoms with Crippen LogP contribution in [0.1, 0.15) is 42.4 Å². The first-order valence-corrected chi connectivity index (χ1v) is 11.0. The van der Waals surface area contributed by atoms with Crippen LogP contribution in [0.5, 0.6) is 0 Å². The second-order valence-electron chi connectivity index (χ2n) is 7.58. The number of hydrogen-bond acceptors (Lipinski definition) is 3. The monoisotopic (exact) mass is 365 g/mol. The number of nitrogens with zero attached hydrogens (tertiary/aromatic N) is 1. The average molecular weight is 365 g/mol. The molecule has 0 aliphatic heterocycles. The van der Waals surface area contributed by atoms with Gasteiger partial charge in [0, 0.05) is 23.4 Å². The van der Waals surface area contributed by atoms with E-state index in [0.29, 0.717) is 0 Å². The summed E-state index contributed by atoms with van der Waals surface area (Å²) in [6.45, 7) is 2.09. The van der Waals surface area contributed by atoms with Crippen molar-refractivity contribution in [1.29, 1.82) is 0 Å². The Balaban J connectivity index is 1.79.